The maximum Gasteiger partial charge on any atom is 2.00 e. The van der Waals surface area contributed by atoms with Crippen molar-refractivity contribution in [2.24, 2.45) is 5.92 Å². The van der Waals surface area contributed by atoms with Gasteiger partial charge in [0, 0.05) is 35.4 Å². The van der Waals surface area contributed by atoms with E-state index in [1.54, 1.807) is 0 Å². The molecule has 1 aromatic rings. The van der Waals surface area contributed by atoms with E-state index in [2.05, 4.69) is 0 Å². The van der Waals surface area contributed by atoms with Crippen molar-refractivity contribution in [2.45, 2.75) is 12.3 Å². The second-order valence-electron chi connectivity index (χ2n) is 4.04. The van der Waals surface area contributed by atoms with Crippen molar-refractivity contribution in [3.8, 4) is 5.75 Å². The van der Waals surface area contributed by atoms with Crippen LogP contribution in [0.3, 0.4) is 0 Å². The number of hydrogen-bond acceptors (Lipinski definition) is 5. The van der Waals surface area contributed by atoms with Gasteiger partial charge in [-0.15, -0.1) is 0 Å². The molecule has 0 saturated carbocycles. The van der Waals surface area contributed by atoms with E-state index in [-0.39, 0.29) is 47.4 Å². The van der Waals surface area contributed by atoms with Crippen molar-refractivity contribution >= 4 is 35.0 Å². The van der Waals surface area contributed by atoms with Gasteiger partial charge in [-0.1, -0.05) is 6.07 Å². The van der Waals surface area contributed by atoms with Gasteiger partial charge >= 0.3 is 23.1 Å². The largest absolute Gasteiger partial charge is 2.00 e. The molecule has 0 spiro atoms. The van der Waals surface area contributed by atoms with Crippen LogP contribution in [-0.4, -0.2) is 41.6 Å². The summed E-state index contributed by atoms with van der Waals surface area (Å²) in [5, 5.41) is 22.1. The van der Waals surface area contributed by atoms with Gasteiger partial charge < -0.3 is 24.5 Å². The van der Waals surface area contributed by atoms with E-state index in [0.717, 1.165) is 12.1 Å². The Balaban J connectivity index is 0.00000180. The molecular weight excluding hydrogens is 267 g/mol. The summed E-state index contributed by atoms with van der Waals surface area (Å²) in [6.07, 6.45) is -0.0305. The minimum absolute atomic E-state index is 0. The van der Waals surface area contributed by atoms with Gasteiger partial charge in [0.1, 0.15) is 11.6 Å². The van der Waals surface area contributed by atoms with Crippen LogP contribution in [0, 0.1) is 11.7 Å². The molecule has 0 aliphatic carbocycles. The maximum absolute atomic E-state index is 13.0. The molecule has 0 unspecified atom stereocenters. The Labute approximate surface area is 124 Å². The summed E-state index contributed by atoms with van der Waals surface area (Å²) in [6.45, 7) is -0.0150. The first-order valence-electron chi connectivity index (χ1n) is 5.34. The number of hydrogen-bond donors (Lipinski definition) is 0. The average Bonchev–Trinajstić information content (AvgIpc) is 2.47. The molecule has 0 saturated heterocycles. The zero-order chi connectivity index (χ0) is 13.3. The number of carbonyl (C=O) groups excluding carboxylic acids is 2. The summed E-state index contributed by atoms with van der Waals surface area (Å²) in [6, 6.07) is 3.28. The van der Waals surface area contributed by atoms with Crippen molar-refractivity contribution in [3.63, 3.8) is 0 Å². The Hall–Kier alpha value is -1.34. The molecule has 2 atom stereocenters. The van der Waals surface area contributed by atoms with Gasteiger partial charge in [-0.2, -0.15) is 0 Å². The van der Waals surface area contributed by atoms with Crippen LogP contribution < -0.4 is 14.9 Å². The first-order chi connectivity index (χ1) is 8.50. The second kappa shape index (κ2) is 6.20. The van der Waals surface area contributed by atoms with Gasteiger partial charge in [-0.3, -0.25) is 0 Å². The topological polar surface area (TPSA) is 89.5 Å². The molecule has 5 nitrogen and oxygen atoms in total. The molecule has 19 heavy (non-hydrogen) atoms. The van der Waals surface area contributed by atoms with Gasteiger partial charge in [-0.25, -0.2) is 4.39 Å². The summed E-state index contributed by atoms with van der Waals surface area (Å²) in [5.41, 5.74) is 0.100. The second-order valence-corrected chi connectivity index (χ2v) is 4.04. The average molecular weight is 277 g/mol. The summed E-state index contributed by atoms with van der Waals surface area (Å²) in [5.74, 6) is -6.21. The number of fused-ring (bicyclic) bond motifs is 1. The van der Waals surface area contributed by atoms with Crippen molar-refractivity contribution in [1.82, 2.24) is 0 Å². The van der Waals surface area contributed by atoms with Gasteiger partial charge in [0.15, 0.2) is 0 Å². The molecule has 7 heteroatoms. The Morgan fingerprint density at radius 3 is 2.53 bits per heavy atom. The summed E-state index contributed by atoms with van der Waals surface area (Å²) in [4.78, 5) is 22.1. The Morgan fingerprint density at radius 1 is 1.26 bits per heavy atom. The number of benzene rings is 1. The number of carbonyl (C=O) groups is 2. The molecule has 1 aromatic carbocycles. The third kappa shape index (κ3) is 3.16. The van der Waals surface area contributed by atoms with Crippen LogP contribution in [0.1, 0.15) is 17.9 Å². The predicted octanol–water partition coefficient (Wildman–Crippen LogP) is -1.57. The van der Waals surface area contributed by atoms with Crippen LogP contribution in [0.4, 0.5) is 4.39 Å². The molecule has 0 N–H and O–H groups in total. The van der Waals surface area contributed by atoms with Crippen molar-refractivity contribution < 1.29 is 28.9 Å². The van der Waals surface area contributed by atoms with E-state index in [1.807, 2.05) is 0 Å². The number of carboxylic acid groups (broad SMARTS) is 2. The van der Waals surface area contributed by atoms with Crippen LogP contribution in [0.15, 0.2) is 18.2 Å². The quantitative estimate of drug-likeness (QED) is 0.609. The zero-order valence-corrected chi connectivity index (χ0v) is 11.3. The molecule has 0 bridgehead atoms. The molecule has 1 aliphatic heterocycles. The number of carboxylic acids is 2. The molecule has 1 aliphatic rings. The summed E-state index contributed by atoms with van der Waals surface area (Å²) < 4.78 is 18.2. The number of rotatable bonds is 2. The molecule has 1 heterocycles. The Kier molecular flexibility index (Phi) is 5.13. The van der Waals surface area contributed by atoms with E-state index in [9.17, 15) is 24.2 Å². The third-order valence-electron chi connectivity index (χ3n) is 2.96. The van der Waals surface area contributed by atoms with Gasteiger partial charge in [0.2, 0.25) is 0 Å². The first-order valence-corrected chi connectivity index (χ1v) is 5.34. The van der Waals surface area contributed by atoms with E-state index < -0.39 is 29.6 Å². The SMILES string of the molecule is O=C([O-])[C@@H]1c2ccc(F)cc2OCC[C@H]1C(=O)[O-].[Mg+2]. The molecule has 2 rings (SSSR count). The van der Waals surface area contributed by atoms with Crippen LogP contribution in [0.25, 0.3) is 0 Å². The monoisotopic (exact) mass is 276 g/mol. The van der Waals surface area contributed by atoms with Crippen molar-refractivity contribution in [2.75, 3.05) is 6.61 Å². The number of aliphatic carboxylic acids is 2. The molecular formula is C12H9FMgO5. The maximum atomic E-state index is 13.0. The van der Waals surface area contributed by atoms with Crippen LogP contribution >= 0.6 is 0 Å². The zero-order valence-electron chi connectivity index (χ0n) is 9.93. The summed E-state index contributed by atoms with van der Waals surface area (Å²) >= 11 is 0. The number of halogens is 1. The minimum Gasteiger partial charge on any atom is -0.550 e. The fourth-order valence-corrected chi connectivity index (χ4v) is 2.11. The Morgan fingerprint density at radius 2 is 1.95 bits per heavy atom. The smallest absolute Gasteiger partial charge is 0.550 e. The minimum atomic E-state index is -1.54. The standard InChI is InChI=1S/C12H11FO5.Mg/c13-6-1-2-7-9(5-6)18-4-3-8(11(14)15)10(7)12(16)17;/h1-2,5,8,10H,3-4H2,(H,14,15)(H,16,17);/q;+2/p-2/t8-,10-;/m1./s1. The van der Waals surface area contributed by atoms with E-state index in [4.69, 9.17) is 4.74 Å². The first kappa shape index (κ1) is 15.7. The van der Waals surface area contributed by atoms with E-state index in [0.29, 0.717) is 0 Å². The Bertz CT molecular complexity index is 505. The third-order valence-corrected chi connectivity index (χ3v) is 2.96. The van der Waals surface area contributed by atoms with Crippen molar-refractivity contribution in [3.05, 3.63) is 29.6 Å². The molecule has 0 fully saturated rings. The van der Waals surface area contributed by atoms with Crippen LogP contribution in [0.2, 0.25) is 0 Å². The normalized spacial score (nSPS) is 21.3. The van der Waals surface area contributed by atoms with Crippen LogP contribution in [-0.2, 0) is 9.59 Å². The molecule has 0 amide bonds. The molecule has 0 radical (unpaired) electrons. The van der Waals surface area contributed by atoms with E-state index >= 15 is 0 Å². The van der Waals surface area contributed by atoms with E-state index in [1.165, 1.54) is 6.07 Å². The molecule has 0 aromatic heterocycles. The number of ether oxygens (including phenoxy) is 1. The fraction of sp³-hybridized carbons (Fsp3) is 0.333. The fourth-order valence-electron chi connectivity index (χ4n) is 2.11. The van der Waals surface area contributed by atoms with Crippen molar-refractivity contribution in [1.29, 1.82) is 0 Å². The summed E-state index contributed by atoms with van der Waals surface area (Å²) in [7, 11) is 0. The van der Waals surface area contributed by atoms with Gasteiger partial charge in [0.05, 0.1) is 6.61 Å². The van der Waals surface area contributed by atoms with Gasteiger partial charge in [0.25, 0.3) is 0 Å². The predicted molar refractivity (Wildman–Crippen MR) is 58.5 cm³/mol. The van der Waals surface area contributed by atoms with Crippen LogP contribution in [0.5, 0.6) is 5.75 Å². The molecule has 96 valence electrons. The van der Waals surface area contributed by atoms with Gasteiger partial charge in [-0.05, 0) is 12.5 Å².